The number of hydrogen-bond donors (Lipinski definition) is 11. The zero-order valence-corrected chi connectivity index (χ0v) is 65.9. The summed E-state index contributed by atoms with van der Waals surface area (Å²) in [6, 6.07) is 34.8. The Kier molecular flexibility index (Phi) is 48.6. The van der Waals surface area contributed by atoms with Gasteiger partial charge in [-0.25, -0.2) is 14.4 Å². The summed E-state index contributed by atoms with van der Waals surface area (Å²) in [6.07, 6.45) is 0. The van der Waals surface area contributed by atoms with Crippen molar-refractivity contribution in [2.24, 2.45) is 28.4 Å². The standard InChI is InChI=1S/2C7H5NO5.C7H5NO4.C6H4BrN3O4.C6H5N3O4.C6H4N2O5.C6H6N2O2.2C6H5NO3.H2N4P4.H2N2P2/c9-6-3-4(7(10)11)1-2-5(6)8(12)13;9-5-3-1-2-4(7(10)11)6(5)8(12)13;9-7(10)5-1-3-6(4-2-5)8(11)12;7-4-1-3(9(11)12)2-5(6(4)8)10(13)14;7-5-2-1-4(8(10)11)3-6(5)9(12)13;9-6-3-4(7(10)11)1-2-5(6)8(12)13;7-5-1-3-6(4-2-5)8(9)10;8-6-3-1-5(2-4-6)7(9)10;8-6-4-2-1-3-5(6)7(9)10;5-3-7-1-2-8-4-6;3-1-2-4/h2*1-3,9H,(H,10,11);1-4H,(H,9,10);1-2H,8H2;1-3H,7H2;1-3,9H;1-4H,7H2;2*1-4,8H;5-6H;3-4H. The van der Waals surface area contributed by atoms with Crippen LogP contribution in [0.2, 0.25) is 0 Å². The molecule has 14 N–H and O–H groups in total. The number of carbonyl (C=O) groups is 3. The number of carboxylic acids is 3. The maximum atomic E-state index is 10.5. The van der Waals surface area contributed by atoms with Gasteiger partial charge in [-0.3, -0.25) is 121 Å². The smallest absolute Gasteiger partial charge is 0.342 e. The molecule has 0 saturated heterocycles. The van der Waals surface area contributed by atoms with Crippen LogP contribution in [0.5, 0.6) is 28.7 Å². The van der Waals surface area contributed by atoms with Gasteiger partial charge < -0.3 is 58.1 Å². The number of aromatic hydroxyl groups is 5. The first-order valence-corrected chi connectivity index (χ1v) is 33.5. The number of phenols is 5. The molecule has 0 aliphatic heterocycles. The number of carboxylic acid groups (broad SMARTS) is 3. The van der Waals surface area contributed by atoms with E-state index in [2.05, 4.69) is 80.5 Å². The van der Waals surface area contributed by atoms with Gasteiger partial charge in [-0.1, -0.05) is 18.2 Å². The minimum absolute atomic E-state index is 0.0159. The van der Waals surface area contributed by atoms with Crippen molar-refractivity contribution >= 4 is 172 Å². The van der Waals surface area contributed by atoms with Gasteiger partial charge in [0.1, 0.15) is 22.7 Å². The van der Waals surface area contributed by atoms with Crippen molar-refractivity contribution in [3.05, 3.63) is 325 Å². The fourth-order valence-electron chi connectivity index (χ4n) is 6.73. The molecular formula is C57H48BrN21O35P6. The molecule has 0 atom stereocenters. The zero-order valence-electron chi connectivity index (χ0n) is 58.5. The molecule has 0 radical (unpaired) electrons. The highest BCUT2D eigenvalue weighted by Crippen LogP contribution is 2.35. The van der Waals surface area contributed by atoms with Crippen molar-refractivity contribution in [2.45, 2.75) is 0 Å². The van der Waals surface area contributed by atoms with E-state index in [4.69, 9.17) is 58.1 Å². The second-order valence-corrected chi connectivity index (χ2v) is 23.1. The van der Waals surface area contributed by atoms with Gasteiger partial charge in [-0.2, -0.15) is 9.03 Å². The lowest BCUT2D eigenvalue weighted by atomic mass is 10.1. The zero-order chi connectivity index (χ0) is 92.4. The van der Waals surface area contributed by atoms with E-state index in [1.807, 2.05) is 0 Å². The molecule has 0 spiro atoms. The molecule has 0 bridgehead atoms. The Hall–Kier alpha value is -16.3. The second-order valence-electron chi connectivity index (χ2n) is 19.6. The number of benzene rings is 9. The molecule has 120 heavy (non-hydrogen) atoms. The Morgan fingerprint density at radius 3 is 1.03 bits per heavy atom. The van der Waals surface area contributed by atoms with E-state index in [1.54, 1.807) is 0 Å². The monoisotopic (exact) mass is 1850 g/mol. The summed E-state index contributed by atoms with van der Waals surface area (Å²) >= 11 is 2.90. The van der Waals surface area contributed by atoms with Crippen LogP contribution in [-0.2, 0) is 0 Å². The van der Waals surface area contributed by atoms with Crippen LogP contribution in [0.25, 0.3) is 0 Å². The number of non-ortho nitro benzene ring substituents is 6. The number of phenolic OH excluding ortho intramolecular Hbond substituents is 5. The van der Waals surface area contributed by atoms with Crippen LogP contribution >= 0.6 is 69.1 Å². The van der Waals surface area contributed by atoms with Gasteiger partial charge in [0.25, 0.3) is 45.5 Å². The lowest BCUT2D eigenvalue weighted by molar-refractivity contribution is -0.393. The third kappa shape index (κ3) is 40.4. The maximum Gasteiger partial charge on any atom is 0.342 e. The summed E-state index contributed by atoms with van der Waals surface area (Å²) in [4.78, 5) is 158. The highest BCUT2D eigenvalue weighted by molar-refractivity contribution is 9.10. The first-order chi connectivity index (χ1) is 56.1. The minimum Gasteiger partial charge on any atom is -0.508 e. The van der Waals surface area contributed by atoms with Crippen LogP contribution in [0.15, 0.2) is 215 Å². The third-order valence-electron chi connectivity index (χ3n) is 12.0. The van der Waals surface area contributed by atoms with Crippen LogP contribution < -0.4 is 17.2 Å². The van der Waals surface area contributed by atoms with Gasteiger partial charge >= 0.3 is 40.7 Å². The van der Waals surface area contributed by atoms with Crippen molar-refractivity contribution < 1.29 is 114 Å². The molecule has 56 nitrogen and oxygen atoms in total. The van der Waals surface area contributed by atoms with Crippen LogP contribution in [-0.4, -0.2) is 118 Å². The average Bonchev–Trinajstić information content (AvgIpc) is 0.834. The van der Waals surface area contributed by atoms with Crippen molar-refractivity contribution in [2.75, 3.05) is 17.2 Å². The van der Waals surface area contributed by atoms with Gasteiger partial charge in [0.05, 0.1) is 92.9 Å². The fraction of sp³-hybridized carbons (Fsp3) is 0. The Labute approximate surface area is 682 Å². The van der Waals surface area contributed by atoms with E-state index in [0.29, 0.717) is 22.7 Å². The molecule has 628 valence electrons. The van der Waals surface area contributed by atoms with Crippen LogP contribution in [0, 0.1) is 121 Å². The summed E-state index contributed by atoms with van der Waals surface area (Å²) in [5.74, 6) is -6.05. The highest BCUT2D eigenvalue weighted by atomic mass is 79.9. The molecule has 9 rings (SSSR count). The average molecular weight is 1850 g/mol. The summed E-state index contributed by atoms with van der Waals surface area (Å²) in [7, 11) is 12.2. The number of nitro benzene ring substituents is 12. The highest BCUT2D eigenvalue weighted by Gasteiger charge is 2.25. The van der Waals surface area contributed by atoms with Crippen LogP contribution in [0.3, 0.4) is 0 Å². The first kappa shape index (κ1) is 106. The number of nitrogens with two attached hydrogens (primary N) is 3. The predicted molar refractivity (Wildman–Crippen MR) is 430 cm³/mol. The van der Waals surface area contributed by atoms with Crippen molar-refractivity contribution in [3.63, 3.8) is 0 Å². The summed E-state index contributed by atoms with van der Waals surface area (Å²) in [5, 5.41) is 192. The van der Waals surface area contributed by atoms with Gasteiger partial charge in [0, 0.05) is 103 Å². The number of para-hydroxylation sites is 3. The SMILES string of the molecule is Nc1c(Br)cc([N+](=O)[O-])cc1[N+](=O)[O-].Nc1ccc([N+](=O)[O-])cc1.Nc1ccc([N+](=O)[O-])cc1[N+](=O)[O-].O=C(O)c1ccc([N+](=O)[O-])c(O)c1.O=C(O)c1ccc([N+](=O)[O-])cc1.O=C(O)c1cccc(O)c1[N+](=O)[O-].O=[N+]([O-])c1ccc(O)cc1.O=[N+]([O-])c1ccc([N+](=O)[O-])c(O)c1.O=[N+]([O-])c1ccccc1O.P=NN=P.P=NP=NN=PN=P. The number of nitro groups is 12. The lowest BCUT2D eigenvalue weighted by Gasteiger charge is -1.99. The van der Waals surface area contributed by atoms with E-state index in [1.165, 1.54) is 91.0 Å². The number of halogens is 1. The normalized spacial score (nSPS) is 9.38. The van der Waals surface area contributed by atoms with Gasteiger partial charge in [0.2, 0.25) is 5.75 Å². The molecule has 9 aromatic rings. The number of hydrogen-bond acceptors (Lipinski definition) is 35. The summed E-state index contributed by atoms with van der Waals surface area (Å²) in [5.41, 5.74) is 11.3. The quantitative estimate of drug-likeness (QED) is 0.0155. The molecular weight excluding hydrogens is 1800 g/mol. The lowest BCUT2D eigenvalue weighted by Crippen LogP contribution is -2.02. The summed E-state index contributed by atoms with van der Waals surface area (Å²) in [6.45, 7) is 0. The van der Waals surface area contributed by atoms with E-state index in [-0.39, 0.29) is 78.3 Å². The largest absolute Gasteiger partial charge is 0.508 e. The molecule has 63 heteroatoms. The minimum atomic E-state index is -1.44. The van der Waals surface area contributed by atoms with Crippen molar-refractivity contribution in [1.29, 1.82) is 0 Å². The predicted octanol–water partition coefficient (Wildman–Crippen LogP) is 16.4. The molecule has 0 aromatic heterocycles. The maximum absolute atomic E-state index is 10.5. The van der Waals surface area contributed by atoms with Gasteiger partial charge in [-0.05, 0) is 101 Å². The van der Waals surface area contributed by atoms with Crippen LogP contribution in [0.1, 0.15) is 31.1 Å². The number of nitrogens with zero attached hydrogens (tertiary/aromatic N) is 18. The first-order valence-electron chi connectivity index (χ1n) is 29.3. The van der Waals surface area contributed by atoms with E-state index in [0.717, 1.165) is 91.0 Å². The van der Waals surface area contributed by atoms with Gasteiger partial charge in [-0.15, -0.1) is 19.4 Å². The van der Waals surface area contributed by atoms with Crippen LogP contribution in [0.4, 0.5) is 85.3 Å². The molecule has 0 saturated carbocycles. The topological polar surface area (TPSA) is 883 Å². The number of rotatable bonds is 19. The van der Waals surface area contributed by atoms with E-state index < -0.39 is 128 Å². The Bertz CT molecular complexity index is 5180. The Balaban J connectivity index is 0. The molecule has 0 aliphatic rings. The van der Waals surface area contributed by atoms with E-state index >= 15 is 0 Å². The molecule has 9 aromatic carbocycles. The van der Waals surface area contributed by atoms with Gasteiger partial charge in [0.15, 0.2) is 34.3 Å². The molecule has 0 aliphatic carbocycles. The Morgan fingerprint density at radius 2 is 0.683 bits per heavy atom. The molecule has 0 unspecified atom stereocenters. The molecule has 0 fully saturated rings. The van der Waals surface area contributed by atoms with Crippen molar-refractivity contribution in [1.82, 2.24) is 0 Å². The second kappa shape index (κ2) is 55.2. The molecule has 0 heterocycles. The number of anilines is 3. The van der Waals surface area contributed by atoms with Crippen molar-refractivity contribution in [3.8, 4) is 28.7 Å². The molecule has 0 amide bonds. The fourth-order valence-corrected chi connectivity index (χ4v) is 7.77. The number of aromatic carboxylic acids is 3. The third-order valence-corrected chi connectivity index (χ3v) is 14.2. The van der Waals surface area contributed by atoms with E-state index in [9.17, 15) is 136 Å². The Morgan fingerprint density at radius 1 is 0.333 bits per heavy atom. The number of nitrogen functional groups attached to an aromatic ring is 3. The summed E-state index contributed by atoms with van der Waals surface area (Å²) < 4.78 is 7.06.